The smallest absolute Gasteiger partial charge is 0.232 e. The number of aromatic nitrogens is 1. The van der Waals surface area contributed by atoms with E-state index in [0.29, 0.717) is 10.8 Å². The number of hydrogen-bond acceptors (Lipinski definition) is 3. The average Bonchev–Trinajstić information content (AvgIpc) is 2.50. The number of rotatable bonds is 2. The Hall–Kier alpha value is -2.07. The maximum atomic E-state index is 12.6. The largest absolute Gasteiger partial charge is 0.385 e. The molecule has 21 heavy (non-hydrogen) atoms. The van der Waals surface area contributed by atoms with Gasteiger partial charge in [-0.05, 0) is 36.6 Å². The molecule has 2 heterocycles. The number of benzene rings is 1. The van der Waals surface area contributed by atoms with E-state index in [2.05, 4.69) is 15.6 Å². The Morgan fingerprint density at radius 3 is 3.10 bits per heavy atom. The molecule has 1 amide bonds. The van der Waals surface area contributed by atoms with Crippen molar-refractivity contribution in [3.8, 4) is 0 Å². The summed E-state index contributed by atoms with van der Waals surface area (Å²) in [7, 11) is 0. The normalized spacial score (nSPS) is 16.8. The molecule has 1 aliphatic rings. The van der Waals surface area contributed by atoms with Gasteiger partial charge in [-0.2, -0.15) is 0 Å². The molecular weight excluding hydrogens is 286 g/mol. The number of halogens is 1. The molecule has 1 aromatic carbocycles. The van der Waals surface area contributed by atoms with Crippen molar-refractivity contribution in [3.63, 3.8) is 0 Å². The van der Waals surface area contributed by atoms with Crippen molar-refractivity contribution in [1.82, 2.24) is 4.98 Å². The van der Waals surface area contributed by atoms with Crippen LogP contribution < -0.4 is 10.6 Å². The van der Waals surface area contributed by atoms with Crippen molar-refractivity contribution in [2.24, 2.45) is 0 Å². The molecule has 0 saturated heterocycles. The molecule has 0 bridgehead atoms. The molecule has 0 saturated carbocycles. The molecule has 2 N–H and O–H groups in total. The van der Waals surface area contributed by atoms with Crippen LogP contribution in [0.5, 0.6) is 0 Å². The van der Waals surface area contributed by atoms with Crippen LogP contribution >= 0.6 is 11.6 Å². The van der Waals surface area contributed by atoms with Gasteiger partial charge in [0.25, 0.3) is 0 Å². The zero-order valence-corrected chi connectivity index (χ0v) is 12.4. The summed E-state index contributed by atoms with van der Waals surface area (Å²) in [5.74, 6) is -0.211. The number of nitrogens with one attached hydrogen (secondary N) is 2. The molecule has 0 fully saturated rings. The van der Waals surface area contributed by atoms with Crippen molar-refractivity contribution in [1.29, 1.82) is 0 Å². The summed E-state index contributed by atoms with van der Waals surface area (Å²) in [4.78, 5) is 16.6. The molecule has 4 nitrogen and oxygen atoms in total. The first-order valence-electron chi connectivity index (χ1n) is 6.91. The lowest BCUT2D eigenvalue weighted by Gasteiger charge is -2.26. The van der Waals surface area contributed by atoms with E-state index in [4.69, 9.17) is 11.6 Å². The van der Waals surface area contributed by atoms with Crippen LogP contribution in [0.4, 0.5) is 11.4 Å². The van der Waals surface area contributed by atoms with E-state index < -0.39 is 0 Å². The summed E-state index contributed by atoms with van der Waals surface area (Å²) in [6.45, 7) is 2.70. The fourth-order valence-electron chi connectivity index (χ4n) is 2.60. The lowest BCUT2D eigenvalue weighted by Crippen LogP contribution is -2.27. The first kappa shape index (κ1) is 13.9. The molecule has 0 aliphatic carbocycles. The molecule has 0 radical (unpaired) electrons. The van der Waals surface area contributed by atoms with E-state index in [1.807, 2.05) is 37.3 Å². The van der Waals surface area contributed by atoms with E-state index >= 15 is 0 Å². The summed E-state index contributed by atoms with van der Waals surface area (Å²) in [5, 5.41) is 6.53. The second-order valence-electron chi connectivity index (χ2n) is 5.20. The summed E-state index contributed by atoms with van der Waals surface area (Å²) < 4.78 is 0. The van der Waals surface area contributed by atoms with Gasteiger partial charge in [0.1, 0.15) is 0 Å². The number of hydrogen-bond donors (Lipinski definition) is 2. The van der Waals surface area contributed by atoms with Crippen LogP contribution in [0.1, 0.15) is 23.5 Å². The number of anilines is 2. The van der Waals surface area contributed by atoms with Crippen LogP contribution in [0.25, 0.3) is 0 Å². The topological polar surface area (TPSA) is 54.0 Å². The predicted octanol–water partition coefficient (Wildman–Crippen LogP) is 3.58. The number of amides is 1. The molecule has 108 valence electrons. The first-order valence-corrected chi connectivity index (χ1v) is 7.29. The molecule has 1 aliphatic heterocycles. The Morgan fingerprint density at radius 2 is 2.24 bits per heavy atom. The molecule has 2 aromatic rings. The van der Waals surface area contributed by atoms with Gasteiger partial charge in [-0.15, -0.1) is 0 Å². The molecule has 0 spiro atoms. The number of carbonyl (C=O) groups excluding carboxylic acids is 1. The lowest BCUT2D eigenvalue weighted by atomic mass is 9.90. The van der Waals surface area contributed by atoms with Gasteiger partial charge in [0.15, 0.2) is 5.15 Å². The Kier molecular flexibility index (Phi) is 3.80. The van der Waals surface area contributed by atoms with Crippen LogP contribution in [0.15, 0.2) is 36.5 Å². The third-order valence-corrected chi connectivity index (χ3v) is 3.94. The van der Waals surface area contributed by atoms with Crippen molar-refractivity contribution >= 4 is 28.9 Å². The Bertz CT molecular complexity index is 687. The Balaban J connectivity index is 1.85. The fourth-order valence-corrected chi connectivity index (χ4v) is 2.75. The van der Waals surface area contributed by atoms with Gasteiger partial charge in [-0.1, -0.05) is 29.8 Å². The van der Waals surface area contributed by atoms with E-state index in [1.54, 1.807) is 6.20 Å². The van der Waals surface area contributed by atoms with Crippen LogP contribution in [-0.4, -0.2) is 17.4 Å². The van der Waals surface area contributed by atoms with Gasteiger partial charge in [0, 0.05) is 18.4 Å². The molecule has 1 atom stereocenters. The van der Waals surface area contributed by atoms with E-state index in [9.17, 15) is 4.79 Å². The van der Waals surface area contributed by atoms with Crippen molar-refractivity contribution in [2.75, 3.05) is 17.2 Å². The summed E-state index contributed by atoms with van der Waals surface area (Å²) in [5.41, 5.74) is 3.58. The highest BCUT2D eigenvalue weighted by Gasteiger charge is 2.26. The zero-order chi connectivity index (χ0) is 14.8. The van der Waals surface area contributed by atoms with Gasteiger partial charge in [0.05, 0.1) is 11.6 Å². The maximum absolute atomic E-state index is 12.6. The number of pyridine rings is 1. The maximum Gasteiger partial charge on any atom is 0.232 e. The predicted molar refractivity (Wildman–Crippen MR) is 84.9 cm³/mol. The van der Waals surface area contributed by atoms with Gasteiger partial charge < -0.3 is 10.6 Å². The minimum absolute atomic E-state index is 0.0433. The highest BCUT2D eigenvalue weighted by molar-refractivity contribution is 6.32. The van der Waals surface area contributed by atoms with Crippen LogP contribution in [0.3, 0.4) is 0 Å². The molecule has 1 aromatic heterocycles. The van der Waals surface area contributed by atoms with Gasteiger partial charge in [0.2, 0.25) is 5.91 Å². The fraction of sp³-hybridized carbons (Fsp3) is 0.250. The van der Waals surface area contributed by atoms with Crippen molar-refractivity contribution in [2.45, 2.75) is 19.3 Å². The van der Waals surface area contributed by atoms with Gasteiger partial charge >= 0.3 is 0 Å². The Labute approximate surface area is 128 Å². The molecule has 1 unspecified atom stereocenters. The summed E-state index contributed by atoms with van der Waals surface area (Å²) in [6.07, 6.45) is 2.44. The first-order chi connectivity index (χ1) is 10.1. The van der Waals surface area contributed by atoms with Crippen molar-refractivity contribution in [3.05, 3.63) is 52.8 Å². The van der Waals surface area contributed by atoms with Gasteiger partial charge in [-0.25, -0.2) is 4.98 Å². The van der Waals surface area contributed by atoms with Crippen molar-refractivity contribution < 1.29 is 4.79 Å². The second-order valence-corrected chi connectivity index (χ2v) is 5.55. The quantitative estimate of drug-likeness (QED) is 0.834. The second kappa shape index (κ2) is 5.74. The summed E-state index contributed by atoms with van der Waals surface area (Å²) >= 11 is 6.04. The number of fused-ring (bicyclic) bond motifs is 1. The summed E-state index contributed by atoms with van der Waals surface area (Å²) in [6, 6.07) is 9.73. The van der Waals surface area contributed by atoms with E-state index in [1.165, 1.54) is 0 Å². The van der Waals surface area contributed by atoms with Crippen LogP contribution in [0, 0.1) is 6.92 Å². The standard InChI is InChI=1S/C16H16ClN3O/c1-10-8-14(15(17)19-9-10)20-16(21)12-6-7-18-13-5-3-2-4-11(12)13/h2-5,8-9,12,18H,6-7H2,1H3,(H,20,21). The molecular formula is C16H16ClN3O. The number of para-hydroxylation sites is 1. The molecule has 5 heteroatoms. The van der Waals surface area contributed by atoms with Gasteiger partial charge in [-0.3, -0.25) is 4.79 Å². The van der Waals surface area contributed by atoms with Crippen LogP contribution in [0.2, 0.25) is 5.15 Å². The average molecular weight is 302 g/mol. The lowest BCUT2D eigenvalue weighted by molar-refractivity contribution is -0.117. The zero-order valence-electron chi connectivity index (χ0n) is 11.7. The number of aryl methyl sites for hydroxylation is 1. The number of carbonyl (C=O) groups is 1. The number of nitrogens with zero attached hydrogens (tertiary/aromatic N) is 1. The third kappa shape index (κ3) is 2.85. The van der Waals surface area contributed by atoms with E-state index in [-0.39, 0.29) is 11.8 Å². The Morgan fingerprint density at radius 1 is 1.43 bits per heavy atom. The minimum atomic E-state index is -0.168. The highest BCUT2D eigenvalue weighted by atomic mass is 35.5. The minimum Gasteiger partial charge on any atom is -0.385 e. The molecule has 3 rings (SSSR count). The van der Waals surface area contributed by atoms with Crippen LogP contribution in [-0.2, 0) is 4.79 Å². The monoisotopic (exact) mass is 301 g/mol. The SMILES string of the molecule is Cc1cnc(Cl)c(NC(=O)C2CCNc3ccccc32)c1. The third-order valence-electron chi connectivity index (χ3n) is 3.63. The van der Waals surface area contributed by atoms with E-state index in [0.717, 1.165) is 29.8 Å². The highest BCUT2D eigenvalue weighted by Crippen LogP contribution is 2.32.